The molecule has 1 N–H and O–H groups in total. The van der Waals surface area contributed by atoms with Gasteiger partial charge < -0.3 is 5.11 Å². The molecule has 2 saturated heterocycles. The third-order valence-electron chi connectivity index (χ3n) is 4.16. The maximum absolute atomic E-state index is 12.6. The Morgan fingerprint density at radius 1 is 1.26 bits per heavy atom. The van der Waals surface area contributed by atoms with Crippen LogP contribution in [0.25, 0.3) is 0 Å². The minimum Gasteiger partial charge on any atom is -0.481 e. The van der Waals surface area contributed by atoms with Crippen LogP contribution in [0, 0.1) is 5.92 Å². The first-order valence-electron chi connectivity index (χ1n) is 6.76. The summed E-state index contributed by atoms with van der Waals surface area (Å²) >= 11 is 0. The van der Waals surface area contributed by atoms with E-state index in [2.05, 4.69) is 0 Å². The zero-order valence-corrected chi connectivity index (χ0v) is 12.3. The van der Waals surface area contributed by atoms with Crippen LogP contribution in [0.1, 0.15) is 39.5 Å². The second kappa shape index (κ2) is 5.03. The highest BCUT2D eigenvalue weighted by molar-refractivity contribution is 7.86. The van der Waals surface area contributed by atoms with Gasteiger partial charge in [0.15, 0.2) is 0 Å². The lowest BCUT2D eigenvalue weighted by Gasteiger charge is -2.37. The van der Waals surface area contributed by atoms with E-state index in [1.165, 1.54) is 8.61 Å². The van der Waals surface area contributed by atoms with Crippen molar-refractivity contribution in [3.63, 3.8) is 0 Å². The van der Waals surface area contributed by atoms with E-state index in [1.807, 2.05) is 13.8 Å². The van der Waals surface area contributed by atoms with Crippen molar-refractivity contribution in [2.45, 2.75) is 45.1 Å². The molecule has 110 valence electrons. The molecule has 1 unspecified atom stereocenters. The minimum atomic E-state index is -3.53. The molecule has 19 heavy (non-hydrogen) atoms. The van der Waals surface area contributed by atoms with Gasteiger partial charge in [0.05, 0.1) is 5.92 Å². The van der Waals surface area contributed by atoms with Crippen molar-refractivity contribution in [2.24, 2.45) is 5.92 Å². The molecule has 0 saturated carbocycles. The second-order valence-electron chi connectivity index (χ2n) is 6.03. The van der Waals surface area contributed by atoms with Crippen molar-refractivity contribution in [3.8, 4) is 0 Å². The predicted octanol–water partition coefficient (Wildman–Crippen LogP) is 0.902. The lowest BCUT2D eigenvalue weighted by molar-refractivity contribution is -0.142. The number of piperidine rings is 1. The lowest BCUT2D eigenvalue weighted by atomic mass is 10.0. The molecule has 2 aliphatic rings. The summed E-state index contributed by atoms with van der Waals surface area (Å²) < 4.78 is 28.1. The standard InChI is InChI=1S/C12H22N2O4S/c1-12(2)6-4-8-14(12)19(17,18)13-7-3-5-10(9-13)11(15)16/h10H,3-9H2,1-2H3,(H,15,16). The molecule has 2 rings (SSSR count). The number of carbonyl (C=O) groups is 1. The average molecular weight is 290 g/mol. The summed E-state index contributed by atoms with van der Waals surface area (Å²) in [6.45, 7) is 4.92. The van der Waals surface area contributed by atoms with Crippen LogP contribution in [0.4, 0.5) is 0 Å². The molecule has 0 aliphatic carbocycles. The van der Waals surface area contributed by atoms with Gasteiger partial charge in [-0.05, 0) is 39.5 Å². The Bertz CT molecular complexity index is 460. The molecule has 6 nitrogen and oxygen atoms in total. The quantitative estimate of drug-likeness (QED) is 0.838. The first-order chi connectivity index (χ1) is 8.75. The lowest BCUT2D eigenvalue weighted by Crippen LogP contribution is -2.53. The van der Waals surface area contributed by atoms with Gasteiger partial charge in [-0.3, -0.25) is 4.79 Å². The van der Waals surface area contributed by atoms with Gasteiger partial charge in [-0.25, -0.2) is 0 Å². The van der Waals surface area contributed by atoms with E-state index in [0.29, 0.717) is 25.9 Å². The summed E-state index contributed by atoms with van der Waals surface area (Å²) in [5.74, 6) is -1.48. The van der Waals surface area contributed by atoms with Gasteiger partial charge in [0.1, 0.15) is 0 Å². The van der Waals surface area contributed by atoms with Crippen LogP contribution in [0.5, 0.6) is 0 Å². The Morgan fingerprint density at radius 2 is 1.95 bits per heavy atom. The monoisotopic (exact) mass is 290 g/mol. The first kappa shape index (κ1) is 14.7. The Balaban J connectivity index is 2.18. The molecule has 0 radical (unpaired) electrons. The summed E-state index contributed by atoms with van der Waals surface area (Å²) in [7, 11) is -3.53. The summed E-state index contributed by atoms with van der Waals surface area (Å²) in [6, 6.07) is 0. The van der Waals surface area contributed by atoms with Crippen LogP contribution in [-0.4, -0.2) is 53.3 Å². The highest BCUT2D eigenvalue weighted by atomic mass is 32.2. The third kappa shape index (κ3) is 2.78. The minimum absolute atomic E-state index is 0.101. The first-order valence-corrected chi connectivity index (χ1v) is 8.15. The van der Waals surface area contributed by atoms with E-state index in [1.54, 1.807) is 0 Å². The molecule has 2 fully saturated rings. The van der Waals surface area contributed by atoms with Crippen LogP contribution >= 0.6 is 0 Å². The molecule has 1 atom stereocenters. The number of hydrogen-bond acceptors (Lipinski definition) is 3. The molecular weight excluding hydrogens is 268 g/mol. The van der Waals surface area contributed by atoms with Crippen LogP contribution in [-0.2, 0) is 15.0 Å². The fourth-order valence-corrected chi connectivity index (χ4v) is 5.09. The van der Waals surface area contributed by atoms with Gasteiger partial charge in [-0.15, -0.1) is 0 Å². The second-order valence-corrected chi connectivity index (χ2v) is 7.88. The van der Waals surface area contributed by atoms with Crippen LogP contribution in [0.2, 0.25) is 0 Å². The summed E-state index contributed by atoms with van der Waals surface area (Å²) in [6.07, 6.45) is 2.89. The number of hydrogen-bond donors (Lipinski definition) is 1. The fraction of sp³-hybridized carbons (Fsp3) is 0.917. The summed E-state index contributed by atoms with van der Waals surface area (Å²) in [5.41, 5.74) is -0.366. The number of carboxylic acid groups (broad SMARTS) is 1. The van der Waals surface area contributed by atoms with Crippen molar-refractivity contribution in [3.05, 3.63) is 0 Å². The molecule has 2 aliphatic heterocycles. The Kier molecular flexibility index (Phi) is 3.90. The molecule has 0 amide bonds. The molecule has 0 aromatic rings. The Hall–Kier alpha value is -0.660. The number of carboxylic acids is 1. The average Bonchev–Trinajstić information content (AvgIpc) is 2.69. The number of rotatable bonds is 3. The van der Waals surface area contributed by atoms with Gasteiger partial charge >= 0.3 is 5.97 Å². The highest BCUT2D eigenvalue weighted by Crippen LogP contribution is 2.33. The van der Waals surface area contributed by atoms with E-state index in [0.717, 1.165) is 12.8 Å². The molecular formula is C12H22N2O4S. The molecule has 7 heteroatoms. The van der Waals surface area contributed by atoms with Gasteiger partial charge in [-0.1, -0.05) is 0 Å². The van der Waals surface area contributed by atoms with Crippen LogP contribution in [0.3, 0.4) is 0 Å². The van der Waals surface area contributed by atoms with Gasteiger partial charge in [0, 0.05) is 25.2 Å². The molecule has 0 bridgehead atoms. The maximum atomic E-state index is 12.6. The number of nitrogens with zero attached hydrogens (tertiary/aromatic N) is 2. The van der Waals surface area contributed by atoms with E-state index < -0.39 is 22.1 Å². The zero-order chi connectivity index (χ0) is 14.3. The van der Waals surface area contributed by atoms with E-state index in [-0.39, 0.29) is 12.1 Å². The highest BCUT2D eigenvalue weighted by Gasteiger charge is 2.44. The Morgan fingerprint density at radius 3 is 2.47 bits per heavy atom. The SMILES string of the molecule is CC1(C)CCCN1S(=O)(=O)N1CCCC(C(=O)O)C1. The molecule has 0 aromatic heterocycles. The fourth-order valence-electron chi connectivity index (χ4n) is 3.00. The largest absolute Gasteiger partial charge is 0.481 e. The van der Waals surface area contributed by atoms with Crippen LogP contribution in [0.15, 0.2) is 0 Å². The van der Waals surface area contributed by atoms with Gasteiger partial charge in [-0.2, -0.15) is 17.0 Å². The van der Waals surface area contributed by atoms with Crippen molar-refractivity contribution in [1.82, 2.24) is 8.61 Å². The third-order valence-corrected chi connectivity index (χ3v) is 6.38. The smallest absolute Gasteiger partial charge is 0.307 e. The normalized spacial score (nSPS) is 29.5. The molecule has 0 spiro atoms. The van der Waals surface area contributed by atoms with Crippen molar-refractivity contribution in [1.29, 1.82) is 0 Å². The van der Waals surface area contributed by atoms with E-state index >= 15 is 0 Å². The van der Waals surface area contributed by atoms with E-state index in [4.69, 9.17) is 5.11 Å². The Labute approximate surface area is 114 Å². The molecule has 0 aromatic carbocycles. The van der Waals surface area contributed by atoms with Crippen LogP contribution < -0.4 is 0 Å². The van der Waals surface area contributed by atoms with Crippen molar-refractivity contribution < 1.29 is 18.3 Å². The summed E-state index contributed by atoms with van der Waals surface area (Å²) in [5, 5.41) is 9.05. The predicted molar refractivity (Wildman–Crippen MR) is 70.9 cm³/mol. The topological polar surface area (TPSA) is 77.9 Å². The number of aliphatic carboxylic acids is 1. The summed E-state index contributed by atoms with van der Waals surface area (Å²) in [4.78, 5) is 11.0. The molecule has 2 heterocycles. The van der Waals surface area contributed by atoms with Gasteiger partial charge in [0.2, 0.25) is 0 Å². The van der Waals surface area contributed by atoms with Gasteiger partial charge in [0.25, 0.3) is 10.2 Å². The zero-order valence-electron chi connectivity index (χ0n) is 11.5. The van der Waals surface area contributed by atoms with Crippen molar-refractivity contribution in [2.75, 3.05) is 19.6 Å². The maximum Gasteiger partial charge on any atom is 0.307 e. The van der Waals surface area contributed by atoms with E-state index in [9.17, 15) is 13.2 Å². The van der Waals surface area contributed by atoms with Crippen molar-refractivity contribution >= 4 is 16.2 Å².